The third kappa shape index (κ3) is 1.94. The van der Waals surface area contributed by atoms with Gasteiger partial charge in [-0.3, -0.25) is 0 Å². The van der Waals surface area contributed by atoms with Crippen molar-refractivity contribution in [3.63, 3.8) is 0 Å². The van der Waals surface area contributed by atoms with Crippen LogP contribution in [0.2, 0.25) is 0 Å². The summed E-state index contributed by atoms with van der Waals surface area (Å²) in [7, 11) is 0. The van der Waals surface area contributed by atoms with Crippen LogP contribution in [-0.4, -0.2) is 21.9 Å². The molecule has 1 aliphatic rings. The van der Waals surface area contributed by atoms with Crippen molar-refractivity contribution < 1.29 is 9.84 Å². The van der Waals surface area contributed by atoms with E-state index >= 15 is 0 Å². The number of rotatable bonds is 2. The Morgan fingerprint density at radius 3 is 2.29 bits per heavy atom. The van der Waals surface area contributed by atoms with Crippen molar-refractivity contribution in [3.05, 3.63) is 0 Å². The molecule has 0 aromatic carbocycles. The minimum absolute atomic E-state index is 0.257. The summed E-state index contributed by atoms with van der Waals surface area (Å²) in [6, 6.07) is 0. The Balaban J connectivity index is 2.83. The highest BCUT2D eigenvalue weighted by molar-refractivity contribution is 5.07. The Bertz CT molecular complexity index is 260. The first-order valence-corrected chi connectivity index (χ1v) is 5.08. The number of hydrogen-bond acceptors (Lipinski definition) is 2. The van der Waals surface area contributed by atoms with Crippen LogP contribution >= 0.6 is 0 Å². The Kier molecular flexibility index (Phi) is 2.69. The van der Waals surface area contributed by atoms with Crippen LogP contribution in [0.15, 0.2) is 0 Å². The first-order chi connectivity index (χ1) is 6.22. The largest absolute Gasteiger partial charge is 0.387 e. The minimum atomic E-state index is -0.789. The molecule has 0 saturated carbocycles. The summed E-state index contributed by atoms with van der Waals surface area (Å²) < 4.78 is 5.83. The fourth-order valence-electron chi connectivity index (χ4n) is 2.41. The first kappa shape index (κ1) is 11.6. The lowest BCUT2D eigenvalue weighted by atomic mass is 9.79. The third-order valence-corrected chi connectivity index (χ3v) is 3.05. The average Bonchev–Trinajstić information content (AvgIpc) is 2.12. The molecule has 0 aliphatic carbocycles. The van der Waals surface area contributed by atoms with Crippen LogP contribution in [0.5, 0.6) is 0 Å². The summed E-state index contributed by atoms with van der Waals surface area (Å²) in [6.07, 6.45) is 7.07. The van der Waals surface area contributed by atoms with E-state index in [2.05, 4.69) is 5.92 Å². The van der Waals surface area contributed by atoms with Crippen LogP contribution in [-0.2, 0) is 4.74 Å². The van der Waals surface area contributed by atoms with E-state index in [4.69, 9.17) is 11.2 Å². The Morgan fingerprint density at radius 1 is 1.36 bits per heavy atom. The van der Waals surface area contributed by atoms with E-state index < -0.39 is 11.2 Å². The second-order valence-corrected chi connectivity index (χ2v) is 5.28. The van der Waals surface area contributed by atoms with E-state index in [0.717, 1.165) is 0 Å². The summed E-state index contributed by atoms with van der Waals surface area (Å²) in [6.45, 7) is 7.86. The van der Waals surface area contributed by atoms with Crippen molar-refractivity contribution in [1.82, 2.24) is 0 Å². The molecule has 0 bridgehead atoms. The van der Waals surface area contributed by atoms with Gasteiger partial charge < -0.3 is 9.84 Å². The standard InChI is InChI=1S/C12H20O2/c1-6-7-8-12(13)9-10(2,3)14-11(12,4)5/h1,13H,7-9H2,2-5H3. The molecular formula is C12H20O2. The molecule has 1 unspecified atom stereocenters. The third-order valence-electron chi connectivity index (χ3n) is 3.05. The maximum Gasteiger partial charge on any atom is 0.0967 e. The molecule has 1 saturated heterocycles. The highest BCUT2D eigenvalue weighted by Gasteiger charge is 2.55. The van der Waals surface area contributed by atoms with Gasteiger partial charge in [-0.05, 0) is 34.1 Å². The SMILES string of the molecule is C#CCCC1(O)CC(C)(C)OC1(C)C. The Hall–Kier alpha value is -0.520. The van der Waals surface area contributed by atoms with Gasteiger partial charge in [0.1, 0.15) is 0 Å². The maximum atomic E-state index is 10.5. The maximum absolute atomic E-state index is 10.5. The van der Waals surface area contributed by atoms with Crippen LogP contribution in [0.1, 0.15) is 47.0 Å². The summed E-state index contributed by atoms with van der Waals surface area (Å²) in [5.41, 5.74) is -1.55. The lowest BCUT2D eigenvalue weighted by Crippen LogP contribution is -2.46. The quantitative estimate of drug-likeness (QED) is 0.685. The zero-order chi connectivity index (χ0) is 11.0. The zero-order valence-electron chi connectivity index (χ0n) is 9.55. The van der Waals surface area contributed by atoms with E-state index in [1.165, 1.54) is 0 Å². The van der Waals surface area contributed by atoms with Crippen LogP contribution in [0.25, 0.3) is 0 Å². The lowest BCUT2D eigenvalue weighted by Gasteiger charge is -2.34. The molecule has 1 atom stereocenters. The fraction of sp³-hybridized carbons (Fsp3) is 0.833. The van der Waals surface area contributed by atoms with Gasteiger partial charge in [0.05, 0.1) is 16.8 Å². The minimum Gasteiger partial charge on any atom is -0.387 e. The number of ether oxygens (including phenoxy) is 1. The zero-order valence-corrected chi connectivity index (χ0v) is 9.55. The summed E-state index contributed by atoms with van der Waals surface area (Å²) >= 11 is 0. The van der Waals surface area contributed by atoms with Crippen molar-refractivity contribution in [3.8, 4) is 12.3 Å². The second-order valence-electron chi connectivity index (χ2n) is 5.28. The highest BCUT2D eigenvalue weighted by Crippen LogP contribution is 2.47. The topological polar surface area (TPSA) is 29.5 Å². The molecule has 1 fully saturated rings. The molecule has 0 aromatic heterocycles. The molecule has 80 valence electrons. The molecule has 1 rings (SSSR count). The smallest absolute Gasteiger partial charge is 0.0967 e. The van der Waals surface area contributed by atoms with E-state index in [-0.39, 0.29) is 5.60 Å². The van der Waals surface area contributed by atoms with Gasteiger partial charge in [0.15, 0.2) is 0 Å². The molecule has 0 aromatic rings. The molecule has 1 aliphatic heterocycles. The molecule has 0 amide bonds. The van der Waals surface area contributed by atoms with Crippen LogP contribution in [0, 0.1) is 12.3 Å². The predicted molar refractivity (Wildman–Crippen MR) is 56.9 cm³/mol. The monoisotopic (exact) mass is 196 g/mol. The molecule has 1 heterocycles. The van der Waals surface area contributed by atoms with Gasteiger partial charge in [0, 0.05) is 12.8 Å². The average molecular weight is 196 g/mol. The predicted octanol–water partition coefficient (Wildman–Crippen LogP) is 2.11. The molecule has 1 N–H and O–H groups in total. The van der Waals surface area contributed by atoms with Gasteiger partial charge in [0.2, 0.25) is 0 Å². The van der Waals surface area contributed by atoms with Crippen LogP contribution in [0.4, 0.5) is 0 Å². The fourth-order valence-corrected chi connectivity index (χ4v) is 2.41. The number of hydrogen-bond donors (Lipinski definition) is 1. The normalized spacial score (nSPS) is 34.0. The van der Waals surface area contributed by atoms with Crippen molar-refractivity contribution in [1.29, 1.82) is 0 Å². The van der Waals surface area contributed by atoms with Crippen LogP contribution < -0.4 is 0 Å². The summed E-state index contributed by atoms with van der Waals surface area (Å²) in [4.78, 5) is 0. The molecule has 2 heteroatoms. The van der Waals surface area contributed by atoms with Crippen molar-refractivity contribution >= 4 is 0 Å². The van der Waals surface area contributed by atoms with E-state index in [9.17, 15) is 5.11 Å². The number of aliphatic hydroxyl groups is 1. The van der Waals surface area contributed by atoms with Crippen molar-refractivity contribution in [2.24, 2.45) is 0 Å². The summed E-state index contributed by atoms with van der Waals surface area (Å²) in [5, 5.41) is 10.5. The first-order valence-electron chi connectivity index (χ1n) is 5.08. The van der Waals surface area contributed by atoms with Gasteiger partial charge in [-0.2, -0.15) is 0 Å². The highest BCUT2D eigenvalue weighted by atomic mass is 16.5. The van der Waals surface area contributed by atoms with Gasteiger partial charge in [-0.1, -0.05) is 0 Å². The molecular weight excluding hydrogens is 176 g/mol. The van der Waals surface area contributed by atoms with Crippen molar-refractivity contribution in [2.45, 2.75) is 63.8 Å². The molecule has 14 heavy (non-hydrogen) atoms. The second kappa shape index (κ2) is 3.25. The van der Waals surface area contributed by atoms with E-state index in [0.29, 0.717) is 19.3 Å². The van der Waals surface area contributed by atoms with E-state index in [1.54, 1.807) is 0 Å². The van der Waals surface area contributed by atoms with Gasteiger partial charge in [-0.15, -0.1) is 12.3 Å². The molecule has 0 radical (unpaired) electrons. The lowest BCUT2D eigenvalue weighted by molar-refractivity contribution is -0.128. The van der Waals surface area contributed by atoms with Gasteiger partial charge in [-0.25, -0.2) is 0 Å². The molecule has 0 spiro atoms. The Morgan fingerprint density at radius 2 is 1.93 bits per heavy atom. The summed E-state index contributed by atoms with van der Waals surface area (Å²) in [5.74, 6) is 2.57. The molecule has 2 nitrogen and oxygen atoms in total. The van der Waals surface area contributed by atoms with Gasteiger partial charge >= 0.3 is 0 Å². The van der Waals surface area contributed by atoms with E-state index in [1.807, 2.05) is 27.7 Å². The Labute approximate surface area is 86.7 Å². The van der Waals surface area contributed by atoms with Crippen LogP contribution in [0.3, 0.4) is 0 Å². The number of terminal acetylenes is 1. The van der Waals surface area contributed by atoms with Gasteiger partial charge in [0.25, 0.3) is 0 Å². The van der Waals surface area contributed by atoms with Crippen molar-refractivity contribution in [2.75, 3.05) is 0 Å².